The van der Waals surface area contributed by atoms with Gasteiger partial charge < -0.3 is 4.48 Å². The van der Waals surface area contributed by atoms with Gasteiger partial charge in [-0.3, -0.25) is 5.73 Å². The molecule has 0 unspecified atom stereocenters. The van der Waals surface area contributed by atoms with Crippen LogP contribution >= 0.6 is 0 Å². The summed E-state index contributed by atoms with van der Waals surface area (Å²) in [5.74, 6) is 0.789. The summed E-state index contributed by atoms with van der Waals surface area (Å²) >= 11 is 0. The number of hydrogen-bond acceptors (Lipinski definition) is 1. The first-order valence-corrected chi connectivity index (χ1v) is 4.74. The summed E-state index contributed by atoms with van der Waals surface area (Å²) in [6.07, 6.45) is 2.76. The first-order valence-electron chi connectivity index (χ1n) is 4.74. The monoisotopic (exact) mass is 157 g/mol. The van der Waals surface area contributed by atoms with Crippen molar-refractivity contribution in [1.82, 2.24) is 0 Å². The molecule has 1 heterocycles. The van der Waals surface area contributed by atoms with Crippen molar-refractivity contribution in [3.8, 4) is 0 Å². The van der Waals surface area contributed by atoms with Crippen molar-refractivity contribution in [1.29, 1.82) is 0 Å². The molecule has 0 radical (unpaired) electrons. The lowest BCUT2D eigenvalue weighted by Crippen LogP contribution is -2.51. The van der Waals surface area contributed by atoms with Crippen LogP contribution in [0, 0.1) is 5.92 Å². The largest absolute Gasteiger partial charge is 0.311 e. The van der Waals surface area contributed by atoms with Gasteiger partial charge in [0, 0.05) is 18.8 Å². The Hall–Kier alpha value is -0.0800. The van der Waals surface area contributed by atoms with E-state index >= 15 is 0 Å². The van der Waals surface area contributed by atoms with Crippen LogP contribution in [-0.2, 0) is 0 Å². The molecule has 1 aliphatic heterocycles. The highest BCUT2D eigenvalue weighted by Crippen LogP contribution is 2.19. The Balaban J connectivity index is 2.45. The Morgan fingerprint density at radius 2 is 1.82 bits per heavy atom. The van der Waals surface area contributed by atoms with Crippen LogP contribution in [0.5, 0.6) is 0 Å². The minimum absolute atomic E-state index is 0.789. The SMILES string of the molecule is CC(C)C[N+]1(CN)CCCC1. The Kier molecular flexibility index (Phi) is 2.90. The fourth-order valence-electron chi connectivity index (χ4n) is 2.22. The van der Waals surface area contributed by atoms with Crippen molar-refractivity contribution < 1.29 is 4.48 Å². The summed E-state index contributed by atoms with van der Waals surface area (Å²) < 4.78 is 1.18. The van der Waals surface area contributed by atoms with Crippen molar-refractivity contribution in [2.75, 3.05) is 26.3 Å². The first-order chi connectivity index (χ1) is 5.18. The van der Waals surface area contributed by atoms with Gasteiger partial charge in [0.25, 0.3) is 0 Å². The maximum atomic E-state index is 5.79. The smallest absolute Gasteiger partial charge is 0.130 e. The molecule has 1 saturated heterocycles. The third-order valence-corrected chi connectivity index (χ3v) is 2.65. The van der Waals surface area contributed by atoms with E-state index in [1.807, 2.05) is 0 Å². The summed E-state index contributed by atoms with van der Waals surface area (Å²) in [7, 11) is 0. The summed E-state index contributed by atoms with van der Waals surface area (Å²) in [5.41, 5.74) is 5.79. The Morgan fingerprint density at radius 3 is 2.18 bits per heavy atom. The lowest BCUT2D eigenvalue weighted by Gasteiger charge is -2.34. The van der Waals surface area contributed by atoms with Crippen molar-refractivity contribution in [3.05, 3.63) is 0 Å². The lowest BCUT2D eigenvalue weighted by atomic mass is 10.2. The van der Waals surface area contributed by atoms with E-state index < -0.39 is 0 Å². The van der Waals surface area contributed by atoms with Gasteiger partial charge in [0.05, 0.1) is 19.6 Å². The van der Waals surface area contributed by atoms with E-state index in [0.717, 1.165) is 12.6 Å². The number of nitrogens with zero attached hydrogens (tertiary/aromatic N) is 1. The van der Waals surface area contributed by atoms with E-state index in [0.29, 0.717) is 0 Å². The normalized spacial score (nSPS) is 22.9. The molecule has 0 atom stereocenters. The van der Waals surface area contributed by atoms with Crippen LogP contribution in [0.25, 0.3) is 0 Å². The van der Waals surface area contributed by atoms with Gasteiger partial charge in [0.2, 0.25) is 0 Å². The number of quaternary nitrogens is 1. The van der Waals surface area contributed by atoms with Crippen molar-refractivity contribution in [3.63, 3.8) is 0 Å². The number of nitrogens with two attached hydrogens (primary N) is 1. The average Bonchev–Trinajstić information content (AvgIpc) is 2.36. The minimum Gasteiger partial charge on any atom is -0.311 e. The van der Waals surface area contributed by atoms with Gasteiger partial charge in [0.1, 0.15) is 6.67 Å². The van der Waals surface area contributed by atoms with Crippen molar-refractivity contribution in [2.45, 2.75) is 26.7 Å². The van der Waals surface area contributed by atoms with E-state index in [1.165, 1.54) is 37.0 Å². The molecule has 0 bridgehead atoms. The highest BCUT2D eigenvalue weighted by atomic mass is 15.4. The Labute approximate surface area is 70.0 Å². The van der Waals surface area contributed by atoms with Crippen LogP contribution in [0.1, 0.15) is 26.7 Å². The van der Waals surface area contributed by atoms with Gasteiger partial charge in [-0.2, -0.15) is 0 Å². The molecule has 66 valence electrons. The molecule has 11 heavy (non-hydrogen) atoms. The number of hydrogen-bond donors (Lipinski definition) is 1. The molecular formula is C9H21N2+. The molecular weight excluding hydrogens is 136 g/mol. The molecule has 0 aromatic heterocycles. The van der Waals surface area contributed by atoms with Crippen molar-refractivity contribution >= 4 is 0 Å². The van der Waals surface area contributed by atoms with Gasteiger partial charge in [0.15, 0.2) is 0 Å². The molecule has 1 aliphatic rings. The molecule has 0 spiro atoms. The lowest BCUT2D eigenvalue weighted by molar-refractivity contribution is -0.919. The van der Waals surface area contributed by atoms with E-state index in [4.69, 9.17) is 5.73 Å². The van der Waals surface area contributed by atoms with Crippen LogP contribution in [0.4, 0.5) is 0 Å². The molecule has 0 saturated carbocycles. The topological polar surface area (TPSA) is 26.0 Å². The van der Waals surface area contributed by atoms with Crippen molar-refractivity contribution in [2.24, 2.45) is 11.7 Å². The number of likely N-dealkylation sites (tertiary alicyclic amines) is 1. The van der Waals surface area contributed by atoms with Gasteiger partial charge in [-0.05, 0) is 0 Å². The van der Waals surface area contributed by atoms with Crippen LogP contribution in [-0.4, -0.2) is 30.8 Å². The maximum Gasteiger partial charge on any atom is 0.130 e. The first kappa shape index (κ1) is 9.01. The molecule has 2 nitrogen and oxygen atoms in total. The highest BCUT2D eigenvalue weighted by Gasteiger charge is 2.30. The molecule has 0 amide bonds. The fourth-order valence-corrected chi connectivity index (χ4v) is 2.22. The van der Waals surface area contributed by atoms with E-state index in [2.05, 4.69) is 13.8 Å². The Morgan fingerprint density at radius 1 is 1.27 bits per heavy atom. The molecule has 1 fully saturated rings. The summed E-state index contributed by atoms with van der Waals surface area (Å²) in [6, 6.07) is 0. The maximum absolute atomic E-state index is 5.79. The third-order valence-electron chi connectivity index (χ3n) is 2.65. The van der Waals surface area contributed by atoms with Gasteiger partial charge in [-0.15, -0.1) is 0 Å². The van der Waals surface area contributed by atoms with E-state index in [9.17, 15) is 0 Å². The average molecular weight is 157 g/mol. The number of rotatable bonds is 3. The summed E-state index contributed by atoms with van der Waals surface area (Å²) in [6.45, 7) is 9.32. The molecule has 2 heteroatoms. The van der Waals surface area contributed by atoms with E-state index in [-0.39, 0.29) is 0 Å². The summed E-state index contributed by atoms with van der Waals surface area (Å²) in [5, 5.41) is 0. The van der Waals surface area contributed by atoms with Crippen LogP contribution in [0.2, 0.25) is 0 Å². The second kappa shape index (κ2) is 3.55. The Bertz CT molecular complexity index is 115. The van der Waals surface area contributed by atoms with Crippen LogP contribution in [0.15, 0.2) is 0 Å². The standard InChI is InChI=1S/C9H21N2/c1-9(2)7-11(8-10)5-3-4-6-11/h9H,3-8,10H2,1-2H3/q+1. The van der Waals surface area contributed by atoms with Crippen LogP contribution < -0.4 is 5.73 Å². The predicted molar refractivity (Wildman–Crippen MR) is 48.0 cm³/mol. The quantitative estimate of drug-likeness (QED) is 0.611. The predicted octanol–water partition coefficient (Wildman–Crippen LogP) is 1.17. The second-order valence-corrected chi connectivity index (χ2v) is 4.25. The van der Waals surface area contributed by atoms with Gasteiger partial charge in [-0.25, -0.2) is 0 Å². The molecule has 0 aliphatic carbocycles. The fraction of sp³-hybridized carbons (Fsp3) is 1.00. The van der Waals surface area contributed by atoms with E-state index in [1.54, 1.807) is 0 Å². The van der Waals surface area contributed by atoms with Crippen LogP contribution in [0.3, 0.4) is 0 Å². The van der Waals surface area contributed by atoms with Gasteiger partial charge >= 0.3 is 0 Å². The zero-order valence-electron chi connectivity index (χ0n) is 7.84. The zero-order chi connectivity index (χ0) is 8.32. The highest BCUT2D eigenvalue weighted by molar-refractivity contribution is 4.55. The van der Waals surface area contributed by atoms with Gasteiger partial charge in [-0.1, -0.05) is 13.8 Å². The second-order valence-electron chi connectivity index (χ2n) is 4.25. The molecule has 2 N–H and O–H groups in total. The molecule has 0 aromatic carbocycles. The third kappa shape index (κ3) is 2.17. The molecule has 1 rings (SSSR count). The molecule has 0 aromatic rings. The summed E-state index contributed by atoms with van der Waals surface area (Å²) in [4.78, 5) is 0. The minimum atomic E-state index is 0.789. The zero-order valence-corrected chi connectivity index (χ0v) is 7.84.